The van der Waals surface area contributed by atoms with Crippen LogP contribution in [0, 0.1) is 5.92 Å². The van der Waals surface area contributed by atoms with Crippen molar-refractivity contribution in [1.82, 2.24) is 4.90 Å². The number of ether oxygens (including phenoxy) is 4. The summed E-state index contributed by atoms with van der Waals surface area (Å²) < 4.78 is 73.5. The third-order valence-electron chi connectivity index (χ3n) is 7.82. The fraction of sp³-hybridized carbons (Fsp3) is 0.375. The van der Waals surface area contributed by atoms with E-state index in [0.717, 1.165) is 23.4 Å². The number of rotatable bonds is 16. The second-order valence-corrected chi connectivity index (χ2v) is 14.1. The first-order valence-corrected chi connectivity index (χ1v) is 17.6. The van der Waals surface area contributed by atoms with E-state index in [0.29, 0.717) is 16.0 Å². The van der Waals surface area contributed by atoms with Crippen LogP contribution in [0.1, 0.15) is 50.8 Å². The van der Waals surface area contributed by atoms with Gasteiger partial charge in [0.25, 0.3) is 11.8 Å². The van der Waals surface area contributed by atoms with Gasteiger partial charge in [0.2, 0.25) is 10.0 Å². The number of fused-ring (bicyclic) bond motifs is 1. The predicted molar refractivity (Wildman–Crippen MR) is 173 cm³/mol. The number of aromatic amines is 1. The third-order valence-corrected chi connectivity index (χ3v) is 9.68. The zero-order valence-corrected chi connectivity index (χ0v) is 28.6. The number of pyridine rings is 1. The van der Waals surface area contributed by atoms with Crippen LogP contribution >= 0.6 is 23.2 Å². The number of esters is 1. The van der Waals surface area contributed by atoms with E-state index in [2.05, 4.69) is 9.72 Å². The third kappa shape index (κ3) is 8.76. The number of nitrogens with one attached hydrogen (secondary N) is 1. The summed E-state index contributed by atoms with van der Waals surface area (Å²) in [4.78, 5) is 43.5. The van der Waals surface area contributed by atoms with Crippen LogP contribution < -0.4 is 18.8 Å². The highest BCUT2D eigenvalue weighted by Crippen LogP contribution is 2.38. The summed E-state index contributed by atoms with van der Waals surface area (Å²) in [5, 5.41) is 0.447. The highest BCUT2D eigenvalue weighted by molar-refractivity contribution is 7.92. The molecule has 0 unspecified atom stereocenters. The number of amides is 2. The van der Waals surface area contributed by atoms with Crippen molar-refractivity contribution in [2.75, 3.05) is 44.0 Å². The molecule has 2 aromatic carbocycles. The van der Waals surface area contributed by atoms with E-state index in [9.17, 15) is 31.6 Å². The molecule has 1 aromatic heterocycles. The van der Waals surface area contributed by atoms with E-state index in [1.165, 1.54) is 55.9 Å². The maximum absolute atomic E-state index is 13.4. The average Bonchev–Trinajstić information content (AvgIpc) is 3.84. The van der Waals surface area contributed by atoms with E-state index in [1.54, 1.807) is 0 Å². The number of hydrogen-bond donors (Lipinski definition) is 0. The molecule has 3 aromatic rings. The molecule has 0 spiro atoms. The van der Waals surface area contributed by atoms with Crippen LogP contribution in [0.3, 0.4) is 0 Å². The summed E-state index contributed by atoms with van der Waals surface area (Å²) in [6.45, 7) is -3.60. The van der Waals surface area contributed by atoms with E-state index in [-0.39, 0.29) is 70.5 Å². The van der Waals surface area contributed by atoms with Gasteiger partial charge in [0.1, 0.15) is 22.7 Å². The summed E-state index contributed by atoms with van der Waals surface area (Å²) in [7, 11) is -2.36. The summed E-state index contributed by atoms with van der Waals surface area (Å²) in [5.74, 6) is -2.52. The molecule has 2 aliphatic rings. The molecule has 1 saturated carbocycles. The Morgan fingerprint density at radius 1 is 1.04 bits per heavy atom. The minimum atomic E-state index is -3.77. The van der Waals surface area contributed by atoms with Crippen molar-refractivity contribution >= 4 is 56.7 Å². The molecule has 1 fully saturated rings. The lowest BCUT2D eigenvalue weighted by atomic mass is 10.0. The van der Waals surface area contributed by atoms with Crippen LogP contribution in [0.4, 0.5) is 14.5 Å². The molecule has 0 bridgehead atoms. The fourth-order valence-corrected chi connectivity index (χ4v) is 6.61. The normalized spacial score (nSPS) is 15.0. The van der Waals surface area contributed by atoms with Crippen LogP contribution in [0.2, 0.25) is 10.0 Å². The Hall–Kier alpha value is -4.05. The van der Waals surface area contributed by atoms with Crippen LogP contribution in [0.5, 0.6) is 11.5 Å². The zero-order valence-electron chi connectivity index (χ0n) is 26.3. The van der Waals surface area contributed by atoms with Crippen molar-refractivity contribution in [2.24, 2.45) is 5.92 Å². The topological polar surface area (TPSA) is 143 Å². The molecule has 0 saturated heterocycles. The molecule has 49 heavy (non-hydrogen) atoms. The van der Waals surface area contributed by atoms with Crippen LogP contribution in [0.15, 0.2) is 48.8 Å². The first kappa shape index (κ1) is 36.2. The number of methoxy groups -OCH3 is 1. The number of halogens is 4. The molecule has 1 N–H and O–H groups in total. The van der Waals surface area contributed by atoms with E-state index >= 15 is 0 Å². The van der Waals surface area contributed by atoms with Crippen molar-refractivity contribution in [2.45, 2.75) is 32.0 Å². The summed E-state index contributed by atoms with van der Waals surface area (Å²) >= 11 is 12.8. The van der Waals surface area contributed by atoms with Gasteiger partial charge in [-0.25, -0.2) is 13.4 Å². The monoisotopic (exact) mass is 742 g/mol. The lowest BCUT2D eigenvalue weighted by Gasteiger charge is -2.22. The number of anilines is 1. The number of nitrogens with zero attached hydrogens (tertiary/aromatic N) is 2. The van der Waals surface area contributed by atoms with Gasteiger partial charge >= 0.3 is 12.6 Å². The van der Waals surface area contributed by atoms with Crippen molar-refractivity contribution in [1.29, 1.82) is 0 Å². The number of hydrogen-bond acceptors (Lipinski definition) is 9. The van der Waals surface area contributed by atoms with E-state index < -0.39 is 47.1 Å². The van der Waals surface area contributed by atoms with E-state index in [4.69, 9.17) is 37.4 Å². The molecule has 2 amide bonds. The number of carbonyl (C=O) groups is 3. The smallest absolute Gasteiger partial charge is 0.387 e. The summed E-state index contributed by atoms with van der Waals surface area (Å²) in [6.07, 6.45) is 4.60. The quantitative estimate of drug-likeness (QED) is 0.150. The second-order valence-electron chi connectivity index (χ2n) is 11.4. The Balaban J connectivity index is 1.40. The molecule has 1 aliphatic carbocycles. The van der Waals surface area contributed by atoms with Crippen LogP contribution in [-0.2, 0) is 30.7 Å². The first-order valence-electron chi connectivity index (χ1n) is 15.0. The molecule has 17 heteroatoms. The van der Waals surface area contributed by atoms with Gasteiger partial charge in [-0.2, -0.15) is 8.78 Å². The zero-order chi connectivity index (χ0) is 35.5. The number of imide groups is 1. The summed E-state index contributed by atoms with van der Waals surface area (Å²) in [6, 6.07) is 8.05. The standard InChI is InChI=1S/C32H31Cl2F2N3O9S/c1-45-10-9-39(49(2,43)44)20-6-7-21-22(12-20)31(42)38(30(21)41)16-29(40)47-27(13-23-24(33)14-37-15-25(23)34)19-5-8-26(48-32(35)36)28(11-19)46-17-18-3-4-18/h5-8,11-12,14-15,18,27,32H,3-4,9-10,13,16-17H2,1-2H3/p+1/t27-/m0/s1. The maximum atomic E-state index is 13.4. The van der Waals surface area contributed by atoms with Gasteiger partial charge in [0.15, 0.2) is 23.9 Å². The number of benzene rings is 2. The maximum Gasteiger partial charge on any atom is 0.387 e. The minimum Gasteiger partial charge on any atom is -0.489 e. The molecule has 1 aliphatic heterocycles. The van der Waals surface area contributed by atoms with Gasteiger partial charge < -0.3 is 18.9 Å². The van der Waals surface area contributed by atoms with Gasteiger partial charge in [0, 0.05) is 19.1 Å². The Morgan fingerprint density at radius 2 is 1.73 bits per heavy atom. The lowest BCUT2D eigenvalue weighted by molar-refractivity contribution is -0.377. The molecule has 2 heterocycles. The Kier molecular flexibility index (Phi) is 11.3. The highest BCUT2D eigenvalue weighted by atomic mass is 35.5. The Bertz CT molecular complexity index is 1840. The first-order chi connectivity index (χ1) is 23.3. The average molecular weight is 744 g/mol. The molecule has 0 radical (unpaired) electrons. The van der Waals surface area contributed by atoms with Crippen molar-refractivity contribution < 1.29 is 55.5 Å². The van der Waals surface area contributed by atoms with Crippen molar-refractivity contribution in [3.63, 3.8) is 0 Å². The molecule has 262 valence electrons. The lowest BCUT2D eigenvalue weighted by Crippen LogP contribution is -2.36. The van der Waals surface area contributed by atoms with Crippen LogP contribution in [0.25, 0.3) is 0 Å². The van der Waals surface area contributed by atoms with Gasteiger partial charge in [-0.05, 0) is 54.7 Å². The Morgan fingerprint density at radius 3 is 2.37 bits per heavy atom. The SMILES string of the molecule is COCCN(c1ccc2c(c1)C(=O)N(CC(=O)O[C@@H](Cc1c(Cl)c[nH+]cc1Cl)c1ccc(OC(F)F)c(OCC3CC3)c1)C2=O)S(C)(=O)=O. The molecular weight excluding hydrogens is 711 g/mol. The van der Waals surface area contributed by atoms with Gasteiger partial charge in [-0.1, -0.05) is 29.3 Å². The van der Waals surface area contributed by atoms with Crippen molar-refractivity contribution in [3.05, 3.63) is 81.1 Å². The highest BCUT2D eigenvalue weighted by Gasteiger charge is 2.38. The summed E-state index contributed by atoms with van der Waals surface area (Å²) in [5.41, 5.74) is 0.723. The second kappa shape index (κ2) is 15.2. The number of H-pyrrole nitrogens is 1. The molecule has 1 atom stereocenters. The molecule has 12 nitrogen and oxygen atoms in total. The largest absolute Gasteiger partial charge is 0.489 e. The van der Waals surface area contributed by atoms with E-state index in [1.807, 2.05) is 0 Å². The predicted octanol–water partition coefficient (Wildman–Crippen LogP) is 4.73. The van der Waals surface area contributed by atoms with Gasteiger partial charge in [-0.3, -0.25) is 23.6 Å². The number of carbonyl (C=O) groups excluding carboxylic acids is 3. The number of sulfonamides is 1. The van der Waals surface area contributed by atoms with Crippen molar-refractivity contribution in [3.8, 4) is 11.5 Å². The fourth-order valence-electron chi connectivity index (χ4n) is 5.17. The van der Waals surface area contributed by atoms with Gasteiger partial charge in [0.05, 0.1) is 42.8 Å². The van der Waals surface area contributed by atoms with Gasteiger partial charge in [-0.15, -0.1) is 0 Å². The minimum absolute atomic E-state index is 0.00845. The number of aromatic nitrogens is 1. The Labute approximate surface area is 290 Å². The van der Waals surface area contributed by atoms with Crippen LogP contribution in [-0.4, -0.2) is 77.4 Å². The number of alkyl halides is 2. The molecule has 5 rings (SSSR count). The molecular formula is C32H32Cl2F2N3O9S+.